The minimum atomic E-state index is -0.137. The summed E-state index contributed by atoms with van der Waals surface area (Å²) in [4.78, 5) is 11.4. The van der Waals surface area contributed by atoms with Crippen LogP contribution < -0.4 is 5.32 Å². The minimum absolute atomic E-state index is 0. The predicted molar refractivity (Wildman–Crippen MR) is 105 cm³/mol. The van der Waals surface area contributed by atoms with E-state index < -0.39 is 0 Å². The van der Waals surface area contributed by atoms with Crippen molar-refractivity contribution in [2.24, 2.45) is 10.9 Å². The van der Waals surface area contributed by atoms with Crippen LogP contribution in [0.25, 0.3) is 0 Å². The number of likely N-dealkylation sites (tertiary alicyclic amines) is 1. The fourth-order valence-corrected chi connectivity index (χ4v) is 2.59. The van der Waals surface area contributed by atoms with Crippen molar-refractivity contribution >= 4 is 29.9 Å². The molecule has 0 bridgehead atoms. The van der Waals surface area contributed by atoms with Crippen LogP contribution >= 0.6 is 24.0 Å². The highest BCUT2D eigenvalue weighted by molar-refractivity contribution is 14.0. The molecule has 1 N–H and O–H groups in total. The van der Waals surface area contributed by atoms with Gasteiger partial charge in [-0.05, 0) is 13.3 Å². The van der Waals surface area contributed by atoms with Gasteiger partial charge in [0.2, 0.25) is 5.89 Å². The standard InChI is InChI=1S/C16H29N5O2.HI/c1-6-17-15(21-8-7-12(10-21)11-22-5)18-9-13-19-14(23-20-13)16(2,3)4;/h12H,6-11H2,1-5H3,(H,17,18);1H. The highest BCUT2D eigenvalue weighted by atomic mass is 127. The predicted octanol–water partition coefficient (Wildman–Crippen LogP) is 2.42. The molecule has 1 aliphatic heterocycles. The molecule has 24 heavy (non-hydrogen) atoms. The Kier molecular flexibility index (Phi) is 8.41. The number of nitrogens with one attached hydrogen (secondary N) is 1. The van der Waals surface area contributed by atoms with Gasteiger partial charge in [0.05, 0.1) is 6.61 Å². The monoisotopic (exact) mass is 451 g/mol. The number of hydrogen-bond donors (Lipinski definition) is 1. The average molecular weight is 451 g/mol. The number of ether oxygens (including phenoxy) is 1. The first-order valence-electron chi connectivity index (χ1n) is 8.29. The number of nitrogens with zero attached hydrogens (tertiary/aromatic N) is 4. The molecule has 138 valence electrons. The van der Waals surface area contributed by atoms with E-state index in [1.54, 1.807) is 7.11 Å². The lowest BCUT2D eigenvalue weighted by Gasteiger charge is -2.21. The van der Waals surface area contributed by atoms with Crippen LogP contribution in [0.4, 0.5) is 0 Å². The van der Waals surface area contributed by atoms with Crippen LogP contribution in [-0.2, 0) is 16.7 Å². The number of halogens is 1. The Morgan fingerprint density at radius 2 is 2.21 bits per heavy atom. The zero-order chi connectivity index (χ0) is 16.9. The topological polar surface area (TPSA) is 75.8 Å². The van der Waals surface area contributed by atoms with Crippen molar-refractivity contribution in [2.45, 2.75) is 46.1 Å². The zero-order valence-corrected chi connectivity index (χ0v) is 17.7. The molecule has 7 nitrogen and oxygen atoms in total. The molecule has 1 aromatic heterocycles. The van der Waals surface area contributed by atoms with Crippen LogP contribution in [0, 0.1) is 5.92 Å². The van der Waals surface area contributed by atoms with Gasteiger partial charge in [-0.25, -0.2) is 4.99 Å². The molecule has 1 unspecified atom stereocenters. The summed E-state index contributed by atoms with van der Waals surface area (Å²) in [7, 11) is 1.75. The molecule has 8 heteroatoms. The lowest BCUT2D eigenvalue weighted by Crippen LogP contribution is -2.40. The molecule has 2 rings (SSSR count). The third-order valence-electron chi connectivity index (χ3n) is 3.80. The molecule has 0 radical (unpaired) electrons. The van der Waals surface area contributed by atoms with E-state index >= 15 is 0 Å². The van der Waals surface area contributed by atoms with Gasteiger partial charge in [-0.2, -0.15) is 4.98 Å². The largest absolute Gasteiger partial charge is 0.384 e. The summed E-state index contributed by atoms with van der Waals surface area (Å²) in [5, 5.41) is 7.37. The van der Waals surface area contributed by atoms with Gasteiger partial charge in [0.15, 0.2) is 11.8 Å². The van der Waals surface area contributed by atoms with Gasteiger partial charge in [-0.1, -0.05) is 25.9 Å². The van der Waals surface area contributed by atoms with E-state index in [4.69, 9.17) is 9.26 Å². The first kappa shape index (κ1) is 21.1. The van der Waals surface area contributed by atoms with E-state index in [-0.39, 0.29) is 29.4 Å². The first-order chi connectivity index (χ1) is 10.9. The van der Waals surface area contributed by atoms with E-state index in [2.05, 4.69) is 53.0 Å². The van der Waals surface area contributed by atoms with E-state index in [0.717, 1.165) is 38.6 Å². The van der Waals surface area contributed by atoms with E-state index in [0.29, 0.717) is 24.2 Å². The maximum absolute atomic E-state index is 5.31. The van der Waals surface area contributed by atoms with Crippen molar-refractivity contribution in [3.05, 3.63) is 11.7 Å². The molecular formula is C16H30IN5O2. The van der Waals surface area contributed by atoms with Crippen molar-refractivity contribution in [1.82, 2.24) is 20.4 Å². The number of guanidine groups is 1. The van der Waals surface area contributed by atoms with Crippen LogP contribution in [-0.4, -0.2) is 54.4 Å². The van der Waals surface area contributed by atoms with Crippen LogP contribution in [0.3, 0.4) is 0 Å². The summed E-state index contributed by atoms with van der Waals surface area (Å²) in [6, 6.07) is 0. The summed E-state index contributed by atoms with van der Waals surface area (Å²) in [6.45, 7) is 12.3. The summed E-state index contributed by atoms with van der Waals surface area (Å²) >= 11 is 0. The first-order valence-corrected chi connectivity index (χ1v) is 8.29. The quantitative estimate of drug-likeness (QED) is 0.421. The Hall–Kier alpha value is -0.900. The third-order valence-corrected chi connectivity index (χ3v) is 3.80. The number of aromatic nitrogens is 2. The molecule has 0 spiro atoms. The van der Waals surface area contributed by atoms with Crippen molar-refractivity contribution in [2.75, 3.05) is 33.4 Å². The Bertz CT molecular complexity index is 527. The molecule has 1 aromatic rings. The fraction of sp³-hybridized carbons (Fsp3) is 0.812. The second-order valence-corrected chi connectivity index (χ2v) is 6.99. The van der Waals surface area contributed by atoms with Gasteiger partial charge < -0.3 is 19.5 Å². The van der Waals surface area contributed by atoms with Crippen LogP contribution in [0.2, 0.25) is 0 Å². The molecular weight excluding hydrogens is 421 g/mol. The normalized spacial score (nSPS) is 18.6. The highest BCUT2D eigenvalue weighted by Gasteiger charge is 2.25. The van der Waals surface area contributed by atoms with E-state index in [9.17, 15) is 0 Å². The summed E-state index contributed by atoms with van der Waals surface area (Å²) in [5.74, 6) is 2.75. The molecule has 0 aromatic carbocycles. The molecule has 1 saturated heterocycles. The summed E-state index contributed by atoms with van der Waals surface area (Å²) in [5.41, 5.74) is -0.137. The SMILES string of the molecule is CCNC(=NCc1noc(C(C)(C)C)n1)N1CCC(COC)C1.I. The fourth-order valence-electron chi connectivity index (χ4n) is 2.59. The minimum Gasteiger partial charge on any atom is -0.384 e. The van der Waals surface area contributed by atoms with Gasteiger partial charge in [0.1, 0.15) is 6.54 Å². The van der Waals surface area contributed by atoms with Crippen molar-refractivity contribution in [3.63, 3.8) is 0 Å². The van der Waals surface area contributed by atoms with E-state index in [1.807, 2.05) is 0 Å². The van der Waals surface area contributed by atoms with Crippen molar-refractivity contribution in [1.29, 1.82) is 0 Å². The lowest BCUT2D eigenvalue weighted by atomic mass is 9.97. The highest BCUT2D eigenvalue weighted by Crippen LogP contribution is 2.20. The van der Waals surface area contributed by atoms with Crippen LogP contribution in [0.15, 0.2) is 9.52 Å². The second kappa shape index (κ2) is 9.55. The average Bonchev–Trinajstić information content (AvgIpc) is 3.12. The summed E-state index contributed by atoms with van der Waals surface area (Å²) in [6.07, 6.45) is 1.13. The van der Waals surface area contributed by atoms with Crippen LogP contribution in [0.5, 0.6) is 0 Å². The molecule has 0 saturated carbocycles. The Labute approximate surface area is 161 Å². The van der Waals surface area contributed by atoms with Gasteiger partial charge in [-0.15, -0.1) is 24.0 Å². The van der Waals surface area contributed by atoms with Gasteiger partial charge in [-0.3, -0.25) is 0 Å². The van der Waals surface area contributed by atoms with Crippen molar-refractivity contribution < 1.29 is 9.26 Å². The van der Waals surface area contributed by atoms with Gasteiger partial charge in [0, 0.05) is 38.1 Å². The summed E-state index contributed by atoms with van der Waals surface area (Å²) < 4.78 is 10.6. The maximum atomic E-state index is 5.31. The van der Waals surface area contributed by atoms with Crippen LogP contribution in [0.1, 0.15) is 45.8 Å². The number of rotatable bonds is 5. The molecule has 0 aliphatic carbocycles. The second-order valence-electron chi connectivity index (χ2n) is 6.99. The Morgan fingerprint density at radius 1 is 1.46 bits per heavy atom. The molecule has 0 amide bonds. The van der Waals surface area contributed by atoms with Gasteiger partial charge in [0.25, 0.3) is 0 Å². The Balaban J connectivity index is 0.00000288. The number of methoxy groups -OCH3 is 1. The molecule has 1 aliphatic rings. The third kappa shape index (κ3) is 5.87. The Morgan fingerprint density at radius 3 is 2.79 bits per heavy atom. The maximum Gasteiger partial charge on any atom is 0.232 e. The van der Waals surface area contributed by atoms with E-state index in [1.165, 1.54) is 0 Å². The molecule has 1 fully saturated rings. The van der Waals surface area contributed by atoms with Gasteiger partial charge >= 0.3 is 0 Å². The molecule has 1 atom stereocenters. The van der Waals surface area contributed by atoms with Crippen molar-refractivity contribution in [3.8, 4) is 0 Å². The lowest BCUT2D eigenvalue weighted by molar-refractivity contribution is 0.157. The number of aliphatic imine (C=N–C) groups is 1. The molecule has 2 heterocycles. The zero-order valence-electron chi connectivity index (χ0n) is 15.3. The smallest absolute Gasteiger partial charge is 0.232 e. The number of hydrogen-bond acceptors (Lipinski definition) is 5.